The summed E-state index contributed by atoms with van der Waals surface area (Å²) >= 11 is 0. The summed E-state index contributed by atoms with van der Waals surface area (Å²) < 4.78 is 10.6. The fraction of sp³-hybridized carbons (Fsp3) is 0.571. The van der Waals surface area contributed by atoms with Crippen LogP contribution in [-0.4, -0.2) is 11.6 Å². The fourth-order valence-electron chi connectivity index (χ4n) is 1.78. The zero-order valence-electron chi connectivity index (χ0n) is 11.3. The first kappa shape index (κ1) is 14.3. The predicted molar refractivity (Wildman–Crippen MR) is 66.7 cm³/mol. The van der Waals surface area contributed by atoms with Crippen LogP contribution in [0.15, 0.2) is 22.8 Å². The van der Waals surface area contributed by atoms with E-state index in [1.165, 1.54) is 0 Å². The Kier molecular flexibility index (Phi) is 4.55. The number of hydrogen-bond acceptors (Lipinski definition) is 4. The summed E-state index contributed by atoms with van der Waals surface area (Å²) in [5.41, 5.74) is -0.590. The molecule has 0 bridgehead atoms. The summed E-state index contributed by atoms with van der Waals surface area (Å²) in [5.74, 6) is -0.941. The highest BCUT2D eigenvalue weighted by Crippen LogP contribution is 2.30. The molecule has 18 heavy (non-hydrogen) atoms. The van der Waals surface area contributed by atoms with Gasteiger partial charge in [-0.2, -0.15) is 5.26 Å². The Bertz CT molecular complexity index is 423. The molecule has 0 fully saturated rings. The highest BCUT2D eigenvalue weighted by atomic mass is 16.6. The van der Waals surface area contributed by atoms with Crippen molar-refractivity contribution < 1.29 is 13.9 Å². The number of furan rings is 1. The van der Waals surface area contributed by atoms with Crippen molar-refractivity contribution in [2.45, 2.75) is 45.6 Å². The van der Waals surface area contributed by atoms with Gasteiger partial charge >= 0.3 is 5.97 Å². The number of carbonyl (C=O) groups is 1. The SMILES string of the molecule is CC[C@@H](c1ccco1)[C@@H](C#N)C(=O)OC(C)(C)C. The van der Waals surface area contributed by atoms with E-state index < -0.39 is 17.5 Å². The number of esters is 1. The van der Waals surface area contributed by atoms with E-state index in [1.54, 1.807) is 39.2 Å². The molecule has 0 saturated carbocycles. The third kappa shape index (κ3) is 3.63. The van der Waals surface area contributed by atoms with Gasteiger partial charge in [-0.05, 0) is 39.3 Å². The predicted octanol–water partition coefficient (Wildman–Crippen LogP) is 3.25. The lowest BCUT2D eigenvalue weighted by Crippen LogP contribution is -2.31. The third-order valence-corrected chi connectivity index (χ3v) is 2.55. The van der Waals surface area contributed by atoms with Gasteiger partial charge in [0.15, 0.2) is 5.92 Å². The quantitative estimate of drug-likeness (QED) is 0.768. The molecule has 0 radical (unpaired) electrons. The van der Waals surface area contributed by atoms with E-state index in [9.17, 15) is 10.1 Å². The molecule has 0 spiro atoms. The molecule has 1 aromatic heterocycles. The van der Waals surface area contributed by atoms with Gasteiger partial charge in [-0.1, -0.05) is 6.92 Å². The second kappa shape index (κ2) is 5.72. The lowest BCUT2D eigenvalue weighted by atomic mass is 9.89. The molecule has 0 aliphatic rings. The molecule has 0 N–H and O–H groups in total. The largest absolute Gasteiger partial charge is 0.469 e. The highest BCUT2D eigenvalue weighted by Gasteiger charge is 2.33. The van der Waals surface area contributed by atoms with E-state index in [4.69, 9.17) is 9.15 Å². The van der Waals surface area contributed by atoms with E-state index in [2.05, 4.69) is 0 Å². The third-order valence-electron chi connectivity index (χ3n) is 2.55. The van der Waals surface area contributed by atoms with Gasteiger partial charge in [-0.15, -0.1) is 0 Å². The molecule has 0 aromatic carbocycles. The highest BCUT2D eigenvalue weighted by molar-refractivity contribution is 5.76. The molecule has 2 atom stereocenters. The van der Waals surface area contributed by atoms with Crippen molar-refractivity contribution in [1.29, 1.82) is 5.26 Å². The monoisotopic (exact) mass is 249 g/mol. The zero-order chi connectivity index (χ0) is 13.8. The molecule has 0 amide bonds. The van der Waals surface area contributed by atoms with Crippen molar-refractivity contribution in [3.63, 3.8) is 0 Å². The Hall–Kier alpha value is -1.76. The van der Waals surface area contributed by atoms with Gasteiger partial charge in [-0.25, -0.2) is 0 Å². The van der Waals surface area contributed by atoms with E-state index in [1.807, 2.05) is 13.0 Å². The average Bonchev–Trinajstić information content (AvgIpc) is 2.75. The maximum absolute atomic E-state index is 12.0. The second-order valence-corrected chi connectivity index (χ2v) is 5.17. The van der Waals surface area contributed by atoms with Crippen molar-refractivity contribution in [3.8, 4) is 6.07 Å². The smallest absolute Gasteiger partial charge is 0.324 e. The first-order valence-corrected chi connectivity index (χ1v) is 6.05. The Labute approximate surface area is 108 Å². The lowest BCUT2D eigenvalue weighted by molar-refractivity contribution is -0.158. The molecule has 1 rings (SSSR count). The summed E-state index contributed by atoms with van der Waals surface area (Å²) in [6, 6.07) is 5.56. The van der Waals surface area contributed by atoms with E-state index in [0.29, 0.717) is 12.2 Å². The van der Waals surface area contributed by atoms with Gasteiger partial charge in [0.1, 0.15) is 11.4 Å². The Balaban J connectivity index is 2.89. The Morgan fingerprint density at radius 2 is 2.22 bits per heavy atom. The minimum atomic E-state index is -0.833. The minimum Gasteiger partial charge on any atom is -0.469 e. The van der Waals surface area contributed by atoms with Crippen molar-refractivity contribution in [1.82, 2.24) is 0 Å². The van der Waals surface area contributed by atoms with Crippen LogP contribution < -0.4 is 0 Å². The summed E-state index contributed by atoms with van der Waals surface area (Å²) in [6.07, 6.45) is 2.19. The van der Waals surface area contributed by atoms with Crippen LogP contribution in [-0.2, 0) is 9.53 Å². The van der Waals surface area contributed by atoms with Gasteiger partial charge in [-0.3, -0.25) is 4.79 Å². The van der Waals surface area contributed by atoms with Crippen molar-refractivity contribution in [2.24, 2.45) is 5.92 Å². The first-order valence-electron chi connectivity index (χ1n) is 6.05. The summed E-state index contributed by atoms with van der Waals surface area (Å²) in [7, 11) is 0. The first-order chi connectivity index (χ1) is 8.39. The van der Waals surface area contributed by atoms with Gasteiger partial charge in [0, 0.05) is 5.92 Å². The molecule has 4 heteroatoms. The Morgan fingerprint density at radius 1 is 1.56 bits per heavy atom. The second-order valence-electron chi connectivity index (χ2n) is 5.17. The maximum atomic E-state index is 12.0. The standard InChI is InChI=1S/C14H19NO3/c1-5-10(12-7-6-8-17-12)11(9-15)13(16)18-14(2,3)4/h6-8,10-11H,5H2,1-4H3/t10-,11-/m1/s1. The topological polar surface area (TPSA) is 63.2 Å². The van der Waals surface area contributed by atoms with Crippen LogP contribution in [0.5, 0.6) is 0 Å². The van der Waals surface area contributed by atoms with E-state index in [-0.39, 0.29) is 5.92 Å². The van der Waals surface area contributed by atoms with Gasteiger partial charge < -0.3 is 9.15 Å². The molecule has 0 saturated heterocycles. The zero-order valence-corrected chi connectivity index (χ0v) is 11.3. The molecule has 0 aliphatic heterocycles. The number of carbonyl (C=O) groups excluding carboxylic acids is 1. The molecule has 0 unspecified atom stereocenters. The fourth-order valence-corrected chi connectivity index (χ4v) is 1.78. The summed E-state index contributed by atoms with van der Waals surface area (Å²) in [5, 5.41) is 9.20. The minimum absolute atomic E-state index is 0.264. The van der Waals surface area contributed by atoms with Crippen LogP contribution in [0.25, 0.3) is 0 Å². The molecule has 1 heterocycles. The number of rotatable bonds is 4. The normalized spacial score (nSPS) is 14.6. The van der Waals surface area contributed by atoms with Crippen LogP contribution in [0, 0.1) is 17.2 Å². The van der Waals surface area contributed by atoms with E-state index >= 15 is 0 Å². The number of nitrogens with zero attached hydrogens (tertiary/aromatic N) is 1. The van der Waals surface area contributed by atoms with Crippen molar-refractivity contribution in [2.75, 3.05) is 0 Å². The number of ether oxygens (including phenoxy) is 1. The molecular formula is C14H19NO3. The molecular weight excluding hydrogens is 230 g/mol. The number of hydrogen-bond donors (Lipinski definition) is 0. The molecule has 1 aromatic rings. The van der Waals surface area contributed by atoms with Gasteiger partial charge in [0.05, 0.1) is 12.3 Å². The summed E-state index contributed by atoms with van der Waals surface area (Å²) in [4.78, 5) is 12.0. The lowest BCUT2D eigenvalue weighted by Gasteiger charge is -2.24. The van der Waals surface area contributed by atoms with Gasteiger partial charge in [0.25, 0.3) is 0 Å². The van der Waals surface area contributed by atoms with Crippen LogP contribution in [0.3, 0.4) is 0 Å². The van der Waals surface area contributed by atoms with Crippen LogP contribution in [0.1, 0.15) is 45.8 Å². The Morgan fingerprint density at radius 3 is 2.61 bits per heavy atom. The molecule has 0 aliphatic carbocycles. The van der Waals surface area contributed by atoms with Crippen molar-refractivity contribution in [3.05, 3.63) is 24.2 Å². The molecule has 4 nitrogen and oxygen atoms in total. The molecule has 98 valence electrons. The van der Waals surface area contributed by atoms with Gasteiger partial charge in [0.2, 0.25) is 0 Å². The maximum Gasteiger partial charge on any atom is 0.324 e. The van der Waals surface area contributed by atoms with Crippen LogP contribution in [0.2, 0.25) is 0 Å². The van der Waals surface area contributed by atoms with Crippen molar-refractivity contribution >= 4 is 5.97 Å². The van der Waals surface area contributed by atoms with E-state index in [0.717, 1.165) is 0 Å². The van der Waals surface area contributed by atoms with Crippen LogP contribution >= 0.6 is 0 Å². The van der Waals surface area contributed by atoms with Crippen LogP contribution in [0.4, 0.5) is 0 Å². The average molecular weight is 249 g/mol. The summed E-state index contributed by atoms with van der Waals surface area (Å²) in [6.45, 7) is 7.27. The number of nitriles is 1.